The van der Waals surface area contributed by atoms with Crippen molar-refractivity contribution in [1.82, 2.24) is 14.5 Å². The molecule has 0 saturated carbocycles. The molecule has 0 aliphatic rings. The molecule has 0 aliphatic heterocycles. The topological polar surface area (TPSA) is 73.1 Å². The predicted molar refractivity (Wildman–Crippen MR) is 116 cm³/mol. The maximum Gasteiger partial charge on any atom is 0.336 e. The number of hydrogen-bond donors (Lipinski definition) is 1. The smallest absolute Gasteiger partial charge is 0.336 e. The molecule has 1 amide bonds. The minimum atomic E-state index is -0.519. The van der Waals surface area contributed by atoms with E-state index < -0.39 is 5.69 Å². The molecule has 0 spiro atoms. The second kappa shape index (κ2) is 8.07. The van der Waals surface area contributed by atoms with E-state index in [2.05, 4.69) is 5.32 Å². The fourth-order valence-corrected chi connectivity index (χ4v) is 3.25. The molecular weight excluding hydrogens is 366 g/mol. The summed E-state index contributed by atoms with van der Waals surface area (Å²) in [5.41, 5.74) is 3.04. The summed E-state index contributed by atoms with van der Waals surface area (Å²) in [6.07, 6.45) is 0. The standard InChI is InChI=1S/C23H27N3O3/c1-14(2)12-24-21(27)13-25-20-9-6-15(3)10-19(20)22(28)26(23(25)29)18-8-7-16(4)17(5)11-18/h6-11,14H,12-13H2,1-5H3,(H,24,27). The Morgan fingerprint density at radius 2 is 1.72 bits per heavy atom. The number of carbonyl (C=O) groups is 1. The first-order chi connectivity index (χ1) is 13.7. The highest BCUT2D eigenvalue weighted by molar-refractivity contribution is 5.82. The zero-order chi connectivity index (χ0) is 21.3. The first-order valence-corrected chi connectivity index (χ1v) is 9.79. The molecule has 0 saturated heterocycles. The lowest BCUT2D eigenvalue weighted by Gasteiger charge is -2.15. The van der Waals surface area contributed by atoms with Crippen LogP contribution in [0, 0.1) is 26.7 Å². The van der Waals surface area contributed by atoms with Gasteiger partial charge in [-0.1, -0.05) is 31.5 Å². The van der Waals surface area contributed by atoms with Gasteiger partial charge in [0.15, 0.2) is 0 Å². The molecule has 3 aromatic rings. The van der Waals surface area contributed by atoms with Gasteiger partial charge < -0.3 is 5.32 Å². The number of rotatable bonds is 5. The molecule has 0 atom stereocenters. The zero-order valence-corrected chi connectivity index (χ0v) is 17.6. The zero-order valence-electron chi connectivity index (χ0n) is 17.6. The first kappa shape index (κ1) is 20.6. The Morgan fingerprint density at radius 3 is 2.38 bits per heavy atom. The van der Waals surface area contributed by atoms with E-state index in [1.54, 1.807) is 18.2 Å². The first-order valence-electron chi connectivity index (χ1n) is 9.79. The van der Waals surface area contributed by atoms with Crippen LogP contribution >= 0.6 is 0 Å². The average Bonchev–Trinajstić information content (AvgIpc) is 2.66. The third-order valence-electron chi connectivity index (χ3n) is 5.06. The fourth-order valence-electron chi connectivity index (χ4n) is 3.25. The Hall–Kier alpha value is -3.15. The molecule has 152 valence electrons. The number of nitrogens with zero attached hydrogens (tertiary/aromatic N) is 2. The summed E-state index contributed by atoms with van der Waals surface area (Å²) >= 11 is 0. The number of amides is 1. The van der Waals surface area contributed by atoms with Gasteiger partial charge in [-0.2, -0.15) is 0 Å². The monoisotopic (exact) mass is 393 g/mol. The highest BCUT2D eigenvalue weighted by atomic mass is 16.2. The highest BCUT2D eigenvalue weighted by Crippen LogP contribution is 2.15. The van der Waals surface area contributed by atoms with Gasteiger partial charge in [0.1, 0.15) is 6.54 Å². The summed E-state index contributed by atoms with van der Waals surface area (Å²) in [6.45, 7) is 10.2. The van der Waals surface area contributed by atoms with Crippen molar-refractivity contribution < 1.29 is 4.79 Å². The quantitative estimate of drug-likeness (QED) is 0.724. The van der Waals surface area contributed by atoms with E-state index in [0.717, 1.165) is 21.3 Å². The van der Waals surface area contributed by atoms with Gasteiger partial charge in [0.25, 0.3) is 5.56 Å². The number of aryl methyl sites for hydroxylation is 3. The van der Waals surface area contributed by atoms with Crippen molar-refractivity contribution in [3.8, 4) is 5.69 Å². The van der Waals surface area contributed by atoms with Crippen LogP contribution in [0.15, 0.2) is 46.0 Å². The Labute approximate surface area is 169 Å². The summed E-state index contributed by atoms with van der Waals surface area (Å²) in [5.74, 6) is 0.0486. The number of carbonyl (C=O) groups excluding carboxylic acids is 1. The molecule has 0 radical (unpaired) electrons. The summed E-state index contributed by atoms with van der Waals surface area (Å²) in [4.78, 5) is 39.0. The third kappa shape index (κ3) is 4.16. The van der Waals surface area contributed by atoms with E-state index in [-0.39, 0.29) is 18.0 Å². The Morgan fingerprint density at radius 1 is 1.00 bits per heavy atom. The molecule has 0 unspecified atom stereocenters. The van der Waals surface area contributed by atoms with Gasteiger partial charge in [0.2, 0.25) is 5.91 Å². The normalized spacial score (nSPS) is 11.2. The van der Waals surface area contributed by atoms with Crippen molar-refractivity contribution in [1.29, 1.82) is 0 Å². The van der Waals surface area contributed by atoms with E-state index in [9.17, 15) is 14.4 Å². The molecular formula is C23H27N3O3. The molecule has 0 fully saturated rings. The molecule has 1 N–H and O–H groups in total. The van der Waals surface area contributed by atoms with Crippen LogP contribution in [0.3, 0.4) is 0 Å². The fraction of sp³-hybridized carbons (Fsp3) is 0.348. The number of hydrogen-bond acceptors (Lipinski definition) is 3. The lowest BCUT2D eigenvalue weighted by atomic mass is 10.1. The number of nitrogens with one attached hydrogen (secondary N) is 1. The lowest BCUT2D eigenvalue weighted by molar-refractivity contribution is -0.121. The van der Waals surface area contributed by atoms with E-state index in [1.807, 2.05) is 52.8 Å². The van der Waals surface area contributed by atoms with Crippen LogP contribution in [-0.2, 0) is 11.3 Å². The van der Waals surface area contributed by atoms with Gasteiger partial charge in [-0.15, -0.1) is 0 Å². The van der Waals surface area contributed by atoms with Crippen LogP contribution in [-0.4, -0.2) is 21.6 Å². The Balaban J connectivity index is 2.24. The van der Waals surface area contributed by atoms with Crippen LogP contribution in [0.5, 0.6) is 0 Å². The molecule has 0 aliphatic carbocycles. The second-order valence-corrected chi connectivity index (χ2v) is 8.00. The van der Waals surface area contributed by atoms with Crippen molar-refractivity contribution >= 4 is 16.8 Å². The van der Waals surface area contributed by atoms with Gasteiger partial charge in [-0.3, -0.25) is 14.2 Å². The van der Waals surface area contributed by atoms with Crippen LogP contribution in [0.1, 0.15) is 30.5 Å². The Kier molecular flexibility index (Phi) is 5.73. The van der Waals surface area contributed by atoms with E-state index >= 15 is 0 Å². The van der Waals surface area contributed by atoms with Crippen molar-refractivity contribution in [3.05, 3.63) is 73.9 Å². The molecule has 1 aromatic heterocycles. The molecule has 2 aromatic carbocycles. The van der Waals surface area contributed by atoms with Gasteiger partial charge in [-0.05, 0) is 62.1 Å². The van der Waals surface area contributed by atoms with Gasteiger partial charge >= 0.3 is 5.69 Å². The summed E-state index contributed by atoms with van der Waals surface area (Å²) in [5, 5.41) is 3.25. The lowest BCUT2D eigenvalue weighted by Crippen LogP contribution is -2.42. The van der Waals surface area contributed by atoms with Gasteiger partial charge in [0, 0.05) is 6.54 Å². The largest absolute Gasteiger partial charge is 0.354 e. The van der Waals surface area contributed by atoms with Gasteiger partial charge in [-0.25, -0.2) is 9.36 Å². The number of fused-ring (bicyclic) bond motifs is 1. The van der Waals surface area contributed by atoms with Crippen molar-refractivity contribution in [2.75, 3.05) is 6.54 Å². The maximum absolute atomic E-state index is 13.3. The van der Waals surface area contributed by atoms with Crippen LogP contribution in [0.25, 0.3) is 16.6 Å². The SMILES string of the molecule is Cc1ccc2c(c1)c(=O)n(-c1ccc(C)c(C)c1)c(=O)n2CC(=O)NCC(C)C. The van der Waals surface area contributed by atoms with E-state index in [0.29, 0.717) is 29.1 Å². The van der Waals surface area contributed by atoms with Crippen molar-refractivity contribution in [3.63, 3.8) is 0 Å². The summed E-state index contributed by atoms with van der Waals surface area (Å²) < 4.78 is 2.53. The average molecular weight is 393 g/mol. The minimum Gasteiger partial charge on any atom is -0.354 e. The highest BCUT2D eigenvalue weighted by Gasteiger charge is 2.17. The summed E-state index contributed by atoms with van der Waals surface area (Å²) in [6, 6.07) is 10.8. The number of aromatic nitrogens is 2. The van der Waals surface area contributed by atoms with Crippen molar-refractivity contribution in [2.24, 2.45) is 5.92 Å². The minimum absolute atomic E-state index is 0.143. The molecule has 0 bridgehead atoms. The molecule has 3 rings (SSSR count). The molecule has 6 nitrogen and oxygen atoms in total. The van der Waals surface area contributed by atoms with Crippen LogP contribution in [0.4, 0.5) is 0 Å². The maximum atomic E-state index is 13.3. The van der Waals surface area contributed by atoms with E-state index in [4.69, 9.17) is 0 Å². The van der Waals surface area contributed by atoms with Crippen molar-refractivity contribution in [2.45, 2.75) is 41.2 Å². The molecule has 6 heteroatoms. The van der Waals surface area contributed by atoms with Gasteiger partial charge in [0.05, 0.1) is 16.6 Å². The Bertz CT molecular complexity index is 1200. The third-order valence-corrected chi connectivity index (χ3v) is 5.06. The van der Waals surface area contributed by atoms with Crippen LogP contribution < -0.4 is 16.6 Å². The predicted octanol–water partition coefficient (Wildman–Crippen LogP) is 2.85. The summed E-state index contributed by atoms with van der Waals surface area (Å²) in [7, 11) is 0. The second-order valence-electron chi connectivity index (χ2n) is 8.00. The molecule has 1 heterocycles. The van der Waals surface area contributed by atoms with E-state index in [1.165, 1.54) is 4.57 Å². The molecule has 29 heavy (non-hydrogen) atoms. The van der Waals surface area contributed by atoms with Crippen LogP contribution in [0.2, 0.25) is 0 Å². The number of benzene rings is 2.